The van der Waals surface area contributed by atoms with Crippen molar-refractivity contribution in [2.75, 3.05) is 20.8 Å². The molecule has 9 heteroatoms. The number of amides is 1. The van der Waals surface area contributed by atoms with Gasteiger partial charge in [-0.25, -0.2) is 0 Å². The Morgan fingerprint density at radius 3 is 2.79 bits per heavy atom. The van der Waals surface area contributed by atoms with Crippen LogP contribution in [0, 0.1) is 0 Å². The minimum atomic E-state index is -0.756. The molecule has 1 unspecified atom stereocenters. The fraction of sp³-hybridized carbons (Fsp3) is 0.250. The number of benzene rings is 2. The predicted molar refractivity (Wildman–Crippen MR) is 101 cm³/mol. The molecular formula is C20H19N3O6. The third kappa shape index (κ3) is 3.93. The molecule has 2 aromatic carbocycles. The van der Waals surface area contributed by atoms with E-state index in [9.17, 15) is 4.79 Å². The molecule has 29 heavy (non-hydrogen) atoms. The second-order valence-electron chi connectivity index (χ2n) is 6.16. The maximum Gasteiger partial charge on any atom is 0.265 e. The van der Waals surface area contributed by atoms with Crippen molar-refractivity contribution in [2.24, 2.45) is 0 Å². The number of rotatable bonds is 6. The quantitative estimate of drug-likeness (QED) is 0.675. The second-order valence-corrected chi connectivity index (χ2v) is 6.16. The molecule has 1 aliphatic heterocycles. The summed E-state index contributed by atoms with van der Waals surface area (Å²) in [5, 5.41) is 6.68. The van der Waals surface area contributed by atoms with Gasteiger partial charge >= 0.3 is 0 Å². The molecule has 9 nitrogen and oxygen atoms in total. The van der Waals surface area contributed by atoms with Crippen LogP contribution >= 0.6 is 0 Å². The van der Waals surface area contributed by atoms with E-state index in [1.54, 1.807) is 44.6 Å². The minimum Gasteiger partial charge on any atom is -0.497 e. The van der Waals surface area contributed by atoms with Crippen LogP contribution in [0.15, 0.2) is 47.0 Å². The van der Waals surface area contributed by atoms with E-state index in [-0.39, 0.29) is 24.9 Å². The largest absolute Gasteiger partial charge is 0.497 e. The Morgan fingerprint density at radius 1 is 1.17 bits per heavy atom. The van der Waals surface area contributed by atoms with Crippen molar-refractivity contribution in [1.82, 2.24) is 15.5 Å². The van der Waals surface area contributed by atoms with Crippen LogP contribution in [0.1, 0.15) is 5.89 Å². The Hall–Kier alpha value is -3.75. The summed E-state index contributed by atoms with van der Waals surface area (Å²) in [4.78, 5) is 16.7. The number of fused-ring (bicyclic) bond motifs is 1. The number of hydrogen-bond donors (Lipinski definition) is 1. The standard InChI is InChI=1S/C20H19N3O6/c1-25-12-7-8-13(16(9-12)26-2)19-22-18(29-23-19)10-21-20(24)17-11-27-14-5-3-4-6-15(14)28-17/h3-9,17H,10-11H2,1-2H3,(H,21,24). The summed E-state index contributed by atoms with van der Waals surface area (Å²) in [6.07, 6.45) is -0.756. The highest BCUT2D eigenvalue weighted by molar-refractivity contribution is 5.81. The van der Waals surface area contributed by atoms with Gasteiger partial charge in [-0.3, -0.25) is 4.79 Å². The molecule has 150 valence electrons. The maximum atomic E-state index is 12.4. The highest BCUT2D eigenvalue weighted by Gasteiger charge is 2.27. The van der Waals surface area contributed by atoms with Gasteiger partial charge in [0.1, 0.15) is 18.1 Å². The van der Waals surface area contributed by atoms with Crippen molar-refractivity contribution in [3.05, 3.63) is 48.4 Å². The number of carbonyl (C=O) groups excluding carboxylic acids is 1. The topological polar surface area (TPSA) is 105 Å². The van der Waals surface area contributed by atoms with Crippen molar-refractivity contribution in [2.45, 2.75) is 12.6 Å². The number of nitrogens with zero attached hydrogens (tertiary/aromatic N) is 2. The molecule has 1 aliphatic rings. The summed E-state index contributed by atoms with van der Waals surface area (Å²) < 4.78 is 27.0. The lowest BCUT2D eigenvalue weighted by Crippen LogP contribution is -2.43. The first-order valence-electron chi connectivity index (χ1n) is 8.89. The number of para-hydroxylation sites is 2. The molecule has 0 radical (unpaired) electrons. The molecule has 1 atom stereocenters. The molecule has 1 aromatic heterocycles. The van der Waals surface area contributed by atoms with Crippen LogP contribution in [0.5, 0.6) is 23.0 Å². The summed E-state index contributed by atoms with van der Waals surface area (Å²) in [5.74, 6) is 2.62. The van der Waals surface area contributed by atoms with E-state index in [0.717, 1.165) is 0 Å². The average molecular weight is 397 g/mol. The highest BCUT2D eigenvalue weighted by atomic mass is 16.6. The molecule has 3 aromatic rings. The zero-order valence-electron chi connectivity index (χ0n) is 15.9. The lowest BCUT2D eigenvalue weighted by Gasteiger charge is -2.25. The van der Waals surface area contributed by atoms with Crippen LogP contribution in [0.2, 0.25) is 0 Å². The number of nitrogens with one attached hydrogen (secondary N) is 1. The Labute approximate surface area is 166 Å². The van der Waals surface area contributed by atoms with Crippen molar-refractivity contribution < 1.29 is 28.3 Å². The second kappa shape index (κ2) is 8.09. The third-order valence-electron chi connectivity index (χ3n) is 4.33. The van der Waals surface area contributed by atoms with Gasteiger partial charge in [-0.2, -0.15) is 4.98 Å². The van der Waals surface area contributed by atoms with E-state index in [2.05, 4.69) is 15.5 Å². The van der Waals surface area contributed by atoms with Gasteiger partial charge < -0.3 is 28.8 Å². The van der Waals surface area contributed by atoms with E-state index >= 15 is 0 Å². The molecule has 1 N–H and O–H groups in total. The normalized spacial score (nSPS) is 14.9. The van der Waals surface area contributed by atoms with Crippen molar-refractivity contribution >= 4 is 5.91 Å². The zero-order valence-corrected chi connectivity index (χ0v) is 15.9. The molecule has 2 heterocycles. The van der Waals surface area contributed by atoms with E-state index in [0.29, 0.717) is 34.4 Å². The van der Waals surface area contributed by atoms with E-state index < -0.39 is 6.10 Å². The summed E-state index contributed by atoms with van der Waals surface area (Å²) in [5.41, 5.74) is 0.648. The summed E-state index contributed by atoms with van der Waals surface area (Å²) >= 11 is 0. The van der Waals surface area contributed by atoms with Crippen LogP contribution < -0.4 is 24.3 Å². The molecule has 0 aliphatic carbocycles. The monoisotopic (exact) mass is 397 g/mol. The molecule has 0 saturated carbocycles. The Bertz CT molecular complexity index is 1020. The van der Waals surface area contributed by atoms with Gasteiger partial charge in [0.15, 0.2) is 11.5 Å². The van der Waals surface area contributed by atoms with Crippen LogP contribution in [0.25, 0.3) is 11.4 Å². The van der Waals surface area contributed by atoms with E-state index in [1.807, 2.05) is 12.1 Å². The first-order valence-corrected chi connectivity index (χ1v) is 8.89. The summed E-state index contributed by atoms with van der Waals surface area (Å²) in [6, 6.07) is 12.5. The molecular weight excluding hydrogens is 378 g/mol. The maximum absolute atomic E-state index is 12.4. The Kier molecular flexibility index (Phi) is 5.19. The van der Waals surface area contributed by atoms with E-state index in [1.165, 1.54) is 0 Å². The summed E-state index contributed by atoms with van der Waals surface area (Å²) in [7, 11) is 3.12. The van der Waals surface area contributed by atoms with Crippen LogP contribution in [-0.2, 0) is 11.3 Å². The van der Waals surface area contributed by atoms with Gasteiger partial charge in [-0.1, -0.05) is 17.3 Å². The molecule has 0 saturated heterocycles. The first-order chi connectivity index (χ1) is 14.2. The predicted octanol–water partition coefficient (Wildman–Crippen LogP) is 2.21. The van der Waals surface area contributed by atoms with Crippen molar-refractivity contribution in [3.63, 3.8) is 0 Å². The molecule has 0 spiro atoms. The van der Waals surface area contributed by atoms with Gasteiger partial charge in [-0.15, -0.1) is 0 Å². The average Bonchev–Trinajstić information content (AvgIpc) is 3.25. The van der Waals surface area contributed by atoms with Crippen molar-refractivity contribution in [3.8, 4) is 34.4 Å². The van der Waals surface area contributed by atoms with Crippen LogP contribution in [-0.4, -0.2) is 43.0 Å². The number of aromatic nitrogens is 2. The first kappa shape index (κ1) is 18.6. The lowest BCUT2D eigenvalue weighted by molar-refractivity contribution is -0.130. The fourth-order valence-electron chi connectivity index (χ4n) is 2.84. The highest BCUT2D eigenvalue weighted by Crippen LogP contribution is 2.32. The lowest BCUT2D eigenvalue weighted by atomic mass is 10.2. The van der Waals surface area contributed by atoms with Gasteiger partial charge in [0.2, 0.25) is 17.8 Å². The molecule has 1 amide bonds. The molecule has 0 bridgehead atoms. The van der Waals surface area contributed by atoms with E-state index in [4.69, 9.17) is 23.5 Å². The zero-order chi connectivity index (χ0) is 20.2. The fourth-order valence-corrected chi connectivity index (χ4v) is 2.84. The van der Waals surface area contributed by atoms with Crippen molar-refractivity contribution in [1.29, 1.82) is 0 Å². The number of carbonyl (C=O) groups is 1. The molecule has 4 rings (SSSR count). The smallest absolute Gasteiger partial charge is 0.265 e. The Balaban J connectivity index is 1.39. The van der Waals surface area contributed by atoms with Gasteiger partial charge in [-0.05, 0) is 24.3 Å². The minimum absolute atomic E-state index is 0.0613. The number of hydrogen-bond acceptors (Lipinski definition) is 8. The Morgan fingerprint density at radius 2 is 2.00 bits per heavy atom. The third-order valence-corrected chi connectivity index (χ3v) is 4.33. The van der Waals surface area contributed by atoms with Crippen LogP contribution in [0.3, 0.4) is 0 Å². The van der Waals surface area contributed by atoms with Gasteiger partial charge in [0.05, 0.1) is 26.3 Å². The molecule has 0 fully saturated rings. The van der Waals surface area contributed by atoms with Crippen LogP contribution in [0.4, 0.5) is 0 Å². The van der Waals surface area contributed by atoms with Gasteiger partial charge in [0.25, 0.3) is 5.91 Å². The number of methoxy groups -OCH3 is 2. The van der Waals surface area contributed by atoms with Gasteiger partial charge in [0, 0.05) is 6.07 Å². The summed E-state index contributed by atoms with van der Waals surface area (Å²) in [6.45, 7) is 0.187. The SMILES string of the molecule is COc1ccc(-c2noc(CNC(=O)C3COc4ccccc4O3)n2)c(OC)c1. The number of ether oxygens (including phenoxy) is 4.